The van der Waals surface area contributed by atoms with Crippen LogP contribution in [0.5, 0.6) is 0 Å². The van der Waals surface area contributed by atoms with Gasteiger partial charge >= 0.3 is 0 Å². The van der Waals surface area contributed by atoms with Crippen molar-refractivity contribution in [3.63, 3.8) is 0 Å². The Bertz CT molecular complexity index is 268. The first-order valence-corrected chi connectivity index (χ1v) is 5.65. The Morgan fingerprint density at radius 1 is 1.08 bits per heavy atom. The predicted octanol–water partition coefficient (Wildman–Crippen LogP) is 1.12. The van der Waals surface area contributed by atoms with Gasteiger partial charge in [0.25, 0.3) is 0 Å². The van der Waals surface area contributed by atoms with Gasteiger partial charge in [-0.3, -0.25) is 4.79 Å². The van der Waals surface area contributed by atoms with Crippen molar-refractivity contribution in [2.45, 2.75) is 19.3 Å². The topological polar surface area (TPSA) is 20.1 Å². The lowest BCUT2D eigenvalue weighted by Crippen LogP contribution is -2.17. The zero-order chi connectivity index (χ0) is 8.58. The van der Waals surface area contributed by atoms with E-state index in [1.54, 1.807) is 0 Å². The van der Waals surface area contributed by atoms with E-state index in [0.717, 1.165) is 36.8 Å². The molecule has 2 nitrogen and oxygen atoms in total. The standard InChI is InChI=1S/C11H15NO/c13-11(12-3-4-12)10-8-6-1-2-7(5-6)9(8)10/h6-10H,1-5H2. The first-order chi connectivity index (χ1) is 6.36. The van der Waals surface area contributed by atoms with Gasteiger partial charge < -0.3 is 4.90 Å². The van der Waals surface area contributed by atoms with E-state index >= 15 is 0 Å². The lowest BCUT2D eigenvalue weighted by Gasteiger charge is -2.07. The molecule has 4 unspecified atom stereocenters. The van der Waals surface area contributed by atoms with Gasteiger partial charge in [-0.2, -0.15) is 0 Å². The molecule has 3 saturated carbocycles. The number of fused-ring (bicyclic) bond motifs is 5. The molecule has 4 rings (SSSR count). The Kier molecular flexibility index (Phi) is 1.02. The molecule has 0 aromatic rings. The molecule has 1 saturated heterocycles. The number of carbonyl (C=O) groups excluding carboxylic acids is 1. The largest absolute Gasteiger partial charge is 0.339 e. The minimum atomic E-state index is 0.494. The second-order valence-corrected chi connectivity index (χ2v) is 5.34. The molecular weight excluding hydrogens is 162 g/mol. The highest BCUT2D eigenvalue weighted by Crippen LogP contribution is 2.69. The van der Waals surface area contributed by atoms with Gasteiger partial charge in [-0.15, -0.1) is 0 Å². The van der Waals surface area contributed by atoms with Crippen molar-refractivity contribution in [3.8, 4) is 0 Å². The Balaban J connectivity index is 1.57. The molecular formula is C11H15NO. The van der Waals surface area contributed by atoms with E-state index in [1.165, 1.54) is 19.3 Å². The molecule has 0 aromatic heterocycles. The van der Waals surface area contributed by atoms with E-state index in [0.29, 0.717) is 11.8 Å². The highest BCUT2D eigenvalue weighted by atomic mass is 16.2. The van der Waals surface area contributed by atoms with Crippen LogP contribution in [-0.2, 0) is 4.79 Å². The average molecular weight is 177 g/mol. The van der Waals surface area contributed by atoms with Crippen molar-refractivity contribution >= 4 is 5.91 Å². The van der Waals surface area contributed by atoms with Gasteiger partial charge in [-0.25, -0.2) is 0 Å². The van der Waals surface area contributed by atoms with E-state index in [1.807, 2.05) is 4.90 Å². The lowest BCUT2D eigenvalue weighted by atomic mass is 10.0. The van der Waals surface area contributed by atoms with Crippen molar-refractivity contribution < 1.29 is 4.79 Å². The first kappa shape index (κ1) is 6.86. The summed E-state index contributed by atoms with van der Waals surface area (Å²) >= 11 is 0. The average Bonchev–Trinajstić information content (AvgIpc) is 3.04. The summed E-state index contributed by atoms with van der Waals surface area (Å²) in [6.45, 7) is 2.09. The summed E-state index contributed by atoms with van der Waals surface area (Å²) in [6, 6.07) is 0. The van der Waals surface area contributed by atoms with Gasteiger partial charge in [0.15, 0.2) is 0 Å². The van der Waals surface area contributed by atoms with Crippen molar-refractivity contribution in [3.05, 3.63) is 0 Å². The maximum absolute atomic E-state index is 11.8. The first-order valence-electron chi connectivity index (χ1n) is 5.65. The van der Waals surface area contributed by atoms with Crippen molar-refractivity contribution in [1.29, 1.82) is 0 Å². The van der Waals surface area contributed by atoms with Gasteiger partial charge in [-0.1, -0.05) is 0 Å². The van der Waals surface area contributed by atoms with Gasteiger partial charge in [0, 0.05) is 19.0 Å². The zero-order valence-corrected chi connectivity index (χ0v) is 7.78. The van der Waals surface area contributed by atoms with E-state index < -0.39 is 0 Å². The fourth-order valence-corrected chi connectivity index (χ4v) is 4.14. The van der Waals surface area contributed by atoms with E-state index in [-0.39, 0.29) is 0 Å². The highest BCUT2D eigenvalue weighted by Gasteiger charge is 2.68. The van der Waals surface area contributed by atoms with Gasteiger partial charge in [0.1, 0.15) is 0 Å². The molecule has 1 amide bonds. The molecule has 2 bridgehead atoms. The molecule has 4 fully saturated rings. The lowest BCUT2D eigenvalue weighted by molar-refractivity contribution is -0.128. The number of carbonyl (C=O) groups is 1. The van der Waals surface area contributed by atoms with Crippen LogP contribution in [0.15, 0.2) is 0 Å². The van der Waals surface area contributed by atoms with Crippen molar-refractivity contribution in [1.82, 2.24) is 4.90 Å². The summed E-state index contributed by atoms with van der Waals surface area (Å²) in [5, 5.41) is 0. The third-order valence-corrected chi connectivity index (χ3v) is 4.78. The van der Waals surface area contributed by atoms with Gasteiger partial charge in [-0.05, 0) is 42.9 Å². The van der Waals surface area contributed by atoms with Crippen LogP contribution in [0, 0.1) is 29.6 Å². The Morgan fingerprint density at radius 2 is 1.69 bits per heavy atom. The molecule has 70 valence electrons. The van der Waals surface area contributed by atoms with Crippen LogP contribution in [0.1, 0.15) is 19.3 Å². The van der Waals surface area contributed by atoms with Crippen molar-refractivity contribution in [2.24, 2.45) is 29.6 Å². The molecule has 3 aliphatic carbocycles. The minimum absolute atomic E-state index is 0.494. The van der Waals surface area contributed by atoms with Gasteiger partial charge in [0.2, 0.25) is 5.91 Å². The molecule has 0 N–H and O–H groups in total. The monoisotopic (exact) mass is 177 g/mol. The molecule has 0 aromatic carbocycles. The third-order valence-electron chi connectivity index (χ3n) is 4.78. The van der Waals surface area contributed by atoms with Crippen LogP contribution in [0.25, 0.3) is 0 Å². The molecule has 13 heavy (non-hydrogen) atoms. The molecule has 4 aliphatic rings. The minimum Gasteiger partial charge on any atom is -0.339 e. The number of nitrogens with zero attached hydrogens (tertiary/aromatic N) is 1. The second-order valence-electron chi connectivity index (χ2n) is 5.34. The number of amides is 1. The number of hydrogen-bond donors (Lipinski definition) is 0. The summed E-state index contributed by atoms with van der Waals surface area (Å²) in [4.78, 5) is 13.9. The van der Waals surface area contributed by atoms with Gasteiger partial charge in [0.05, 0.1) is 0 Å². The smallest absolute Gasteiger partial charge is 0.226 e. The summed E-state index contributed by atoms with van der Waals surface area (Å²) in [7, 11) is 0. The summed E-state index contributed by atoms with van der Waals surface area (Å²) < 4.78 is 0. The Labute approximate surface area is 78.3 Å². The van der Waals surface area contributed by atoms with Crippen LogP contribution in [0.4, 0.5) is 0 Å². The molecule has 1 heterocycles. The molecule has 1 aliphatic heterocycles. The van der Waals surface area contributed by atoms with Crippen LogP contribution < -0.4 is 0 Å². The maximum atomic E-state index is 11.8. The summed E-state index contributed by atoms with van der Waals surface area (Å²) in [5.41, 5.74) is 0. The second kappa shape index (κ2) is 1.94. The van der Waals surface area contributed by atoms with E-state index in [2.05, 4.69) is 0 Å². The number of hydrogen-bond acceptors (Lipinski definition) is 1. The van der Waals surface area contributed by atoms with E-state index in [4.69, 9.17) is 0 Å². The summed E-state index contributed by atoms with van der Waals surface area (Å²) in [6.07, 6.45) is 4.31. The molecule has 0 spiro atoms. The normalized spacial score (nSPS) is 55.1. The summed E-state index contributed by atoms with van der Waals surface area (Å²) in [5.74, 6) is 4.58. The predicted molar refractivity (Wildman–Crippen MR) is 47.9 cm³/mol. The number of rotatable bonds is 1. The van der Waals surface area contributed by atoms with E-state index in [9.17, 15) is 4.79 Å². The molecule has 2 heteroatoms. The fraction of sp³-hybridized carbons (Fsp3) is 0.909. The molecule has 0 radical (unpaired) electrons. The van der Waals surface area contributed by atoms with Crippen LogP contribution >= 0.6 is 0 Å². The third kappa shape index (κ3) is 0.733. The Morgan fingerprint density at radius 3 is 2.23 bits per heavy atom. The van der Waals surface area contributed by atoms with Crippen LogP contribution in [0.2, 0.25) is 0 Å². The zero-order valence-electron chi connectivity index (χ0n) is 7.78. The SMILES string of the molecule is O=C(C1C2C3CCC(C3)C12)N1CC1. The fourth-order valence-electron chi connectivity index (χ4n) is 4.14. The maximum Gasteiger partial charge on any atom is 0.226 e. The van der Waals surface area contributed by atoms with Crippen molar-refractivity contribution in [2.75, 3.05) is 13.1 Å². The molecule has 4 atom stereocenters. The van der Waals surface area contributed by atoms with Crippen LogP contribution in [0.3, 0.4) is 0 Å². The quantitative estimate of drug-likeness (QED) is 0.550. The van der Waals surface area contributed by atoms with Crippen LogP contribution in [-0.4, -0.2) is 23.9 Å². The highest BCUT2D eigenvalue weighted by molar-refractivity contribution is 5.84. The Hall–Kier alpha value is -0.530.